The Morgan fingerprint density at radius 2 is 1.95 bits per heavy atom. The van der Waals surface area contributed by atoms with Crippen LogP contribution in [0.25, 0.3) is 0 Å². The minimum absolute atomic E-state index is 0.0313. The number of methoxy groups -OCH3 is 2. The molecule has 2 atom stereocenters. The van der Waals surface area contributed by atoms with Crippen molar-refractivity contribution in [2.24, 2.45) is 5.73 Å². The van der Waals surface area contributed by atoms with E-state index in [2.05, 4.69) is 18.0 Å². The van der Waals surface area contributed by atoms with E-state index in [1.165, 1.54) is 0 Å². The van der Waals surface area contributed by atoms with E-state index in [0.29, 0.717) is 0 Å². The first kappa shape index (κ1) is 16.0. The maximum Gasteiger partial charge on any atom is 0.123 e. The molecule has 0 aliphatic heterocycles. The highest BCUT2D eigenvalue weighted by Crippen LogP contribution is 2.30. The lowest BCUT2D eigenvalue weighted by molar-refractivity contribution is 0.157. The fourth-order valence-electron chi connectivity index (χ4n) is 2.43. The van der Waals surface area contributed by atoms with Crippen molar-refractivity contribution in [1.29, 1.82) is 0 Å². The van der Waals surface area contributed by atoms with Gasteiger partial charge >= 0.3 is 0 Å². The van der Waals surface area contributed by atoms with Crippen molar-refractivity contribution in [2.75, 3.05) is 34.4 Å². The molecule has 2 unspecified atom stereocenters. The molecule has 4 heteroatoms. The van der Waals surface area contributed by atoms with Crippen LogP contribution < -0.4 is 10.5 Å². The molecule has 1 rings (SSSR count). The monoisotopic (exact) mass is 266 g/mol. The molecule has 0 aromatic heterocycles. The summed E-state index contributed by atoms with van der Waals surface area (Å²) in [5, 5.41) is 0. The maximum absolute atomic E-state index is 6.17. The number of benzene rings is 1. The van der Waals surface area contributed by atoms with Crippen molar-refractivity contribution in [3.8, 4) is 5.75 Å². The van der Waals surface area contributed by atoms with Crippen molar-refractivity contribution in [3.05, 3.63) is 29.8 Å². The van der Waals surface area contributed by atoms with Gasteiger partial charge in [0.2, 0.25) is 0 Å². The lowest BCUT2D eigenvalue weighted by atomic mass is 9.98. The molecule has 4 nitrogen and oxygen atoms in total. The van der Waals surface area contributed by atoms with Crippen LogP contribution in [0.5, 0.6) is 5.75 Å². The number of hydrogen-bond acceptors (Lipinski definition) is 4. The number of rotatable bonds is 8. The van der Waals surface area contributed by atoms with Crippen molar-refractivity contribution < 1.29 is 9.47 Å². The van der Waals surface area contributed by atoms with Gasteiger partial charge in [0.1, 0.15) is 5.75 Å². The molecule has 0 saturated carbocycles. The molecule has 0 heterocycles. The largest absolute Gasteiger partial charge is 0.496 e. The van der Waals surface area contributed by atoms with Gasteiger partial charge in [-0.3, -0.25) is 4.90 Å². The molecule has 108 valence electrons. The minimum atomic E-state index is 0.0313. The second kappa shape index (κ2) is 8.15. The van der Waals surface area contributed by atoms with Gasteiger partial charge in [0.25, 0.3) is 0 Å². The Balaban J connectivity index is 2.87. The zero-order valence-corrected chi connectivity index (χ0v) is 12.4. The third kappa shape index (κ3) is 4.49. The normalized spacial score (nSPS) is 14.4. The van der Waals surface area contributed by atoms with E-state index >= 15 is 0 Å². The third-order valence-electron chi connectivity index (χ3n) is 3.29. The fourth-order valence-corrected chi connectivity index (χ4v) is 2.43. The Morgan fingerprint density at radius 3 is 2.53 bits per heavy atom. The minimum Gasteiger partial charge on any atom is -0.496 e. The molecule has 0 radical (unpaired) electrons. The van der Waals surface area contributed by atoms with Crippen LogP contribution in [0.3, 0.4) is 0 Å². The number of nitrogens with two attached hydrogens (primary N) is 1. The second-order valence-corrected chi connectivity index (χ2v) is 4.87. The molecule has 0 aliphatic carbocycles. The van der Waals surface area contributed by atoms with E-state index in [-0.39, 0.29) is 12.1 Å². The molecule has 2 N–H and O–H groups in total. The van der Waals surface area contributed by atoms with Crippen molar-refractivity contribution in [1.82, 2.24) is 4.90 Å². The van der Waals surface area contributed by atoms with Crippen LogP contribution in [-0.4, -0.2) is 45.4 Å². The average molecular weight is 266 g/mol. The summed E-state index contributed by atoms with van der Waals surface area (Å²) in [5.74, 6) is 0.892. The lowest BCUT2D eigenvalue weighted by Gasteiger charge is -2.32. The number of nitrogens with zero attached hydrogens (tertiary/aromatic N) is 1. The van der Waals surface area contributed by atoms with Gasteiger partial charge in [-0.05, 0) is 26.5 Å². The molecule has 1 aromatic rings. The molecule has 0 amide bonds. The molecule has 0 saturated heterocycles. The van der Waals surface area contributed by atoms with Crippen LogP contribution in [0.2, 0.25) is 0 Å². The van der Waals surface area contributed by atoms with E-state index in [1.807, 2.05) is 25.1 Å². The van der Waals surface area contributed by atoms with Crippen molar-refractivity contribution in [2.45, 2.75) is 25.4 Å². The first-order valence-electron chi connectivity index (χ1n) is 6.69. The molecular weight excluding hydrogens is 240 g/mol. The highest BCUT2D eigenvalue weighted by Gasteiger charge is 2.23. The average Bonchev–Trinajstić information content (AvgIpc) is 2.39. The van der Waals surface area contributed by atoms with Gasteiger partial charge in [0.05, 0.1) is 13.2 Å². The summed E-state index contributed by atoms with van der Waals surface area (Å²) >= 11 is 0. The topological polar surface area (TPSA) is 47.7 Å². The predicted molar refractivity (Wildman–Crippen MR) is 78.5 cm³/mol. The smallest absolute Gasteiger partial charge is 0.123 e. The number of hydrogen-bond donors (Lipinski definition) is 1. The summed E-state index contributed by atoms with van der Waals surface area (Å²) in [6.45, 7) is 3.74. The van der Waals surface area contributed by atoms with Gasteiger partial charge in [0.15, 0.2) is 0 Å². The Labute approximate surface area is 116 Å². The summed E-state index contributed by atoms with van der Waals surface area (Å²) in [6.07, 6.45) is 0.991. The van der Waals surface area contributed by atoms with Crippen molar-refractivity contribution >= 4 is 0 Å². The standard InChI is InChI=1S/C15H26N2O2/c1-12(16)15(17(2)10-7-11-18-3)13-8-5-6-9-14(13)19-4/h5-6,8-9,12,15H,7,10-11,16H2,1-4H3. The highest BCUT2D eigenvalue weighted by atomic mass is 16.5. The fraction of sp³-hybridized carbons (Fsp3) is 0.600. The predicted octanol–water partition coefficient (Wildman–Crippen LogP) is 2.05. The Hall–Kier alpha value is -1.10. The summed E-state index contributed by atoms with van der Waals surface area (Å²) in [5.41, 5.74) is 7.31. The Morgan fingerprint density at radius 1 is 1.26 bits per heavy atom. The van der Waals surface area contributed by atoms with E-state index in [4.69, 9.17) is 15.2 Å². The van der Waals surface area contributed by atoms with Gasteiger partial charge in [-0.15, -0.1) is 0 Å². The molecule has 19 heavy (non-hydrogen) atoms. The van der Waals surface area contributed by atoms with Crippen LogP contribution in [0.1, 0.15) is 24.9 Å². The van der Waals surface area contributed by atoms with Gasteiger partial charge in [-0.25, -0.2) is 0 Å². The van der Waals surface area contributed by atoms with Crippen LogP contribution in [0.15, 0.2) is 24.3 Å². The molecular formula is C15H26N2O2. The lowest BCUT2D eigenvalue weighted by Crippen LogP contribution is -2.38. The van der Waals surface area contributed by atoms with Crippen LogP contribution in [-0.2, 0) is 4.74 Å². The highest BCUT2D eigenvalue weighted by molar-refractivity contribution is 5.36. The van der Waals surface area contributed by atoms with E-state index in [9.17, 15) is 0 Å². The summed E-state index contributed by atoms with van der Waals surface area (Å²) in [4.78, 5) is 2.27. The van der Waals surface area contributed by atoms with Gasteiger partial charge in [-0.1, -0.05) is 18.2 Å². The van der Waals surface area contributed by atoms with Crippen molar-refractivity contribution in [3.63, 3.8) is 0 Å². The second-order valence-electron chi connectivity index (χ2n) is 4.87. The van der Waals surface area contributed by atoms with Gasteiger partial charge in [-0.2, -0.15) is 0 Å². The molecule has 0 fully saturated rings. The first-order chi connectivity index (χ1) is 9.11. The van der Waals surface area contributed by atoms with E-state index in [0.717, 1.165) is 30.9 Å². The molecule has 1 aromatic carbocycles. The molecule has 0 bridgehead atoms. The van der Waals surface area contributed by atoms with Crippen LogP contribution >= 0.6 is 0 Å². The number of likely N-dealkylation sites (N-methyl/N-ethyl adjacent to an activating group) is 1. The van der Waals surface area contributed by atoms with Crippen LogP contribution in [0, 0.1) is 0 Å². The molecule has 0 aliphatic rings. The quantitative estimate of drug-likeness (QED) is 0.732. The maximum atomic E-state index is 6.17. The number of ether oxygens (including phenoxy) is 2. The zero-order chi connectivity index (χ0) is 14.3. The van der Waals surface area contributed by atoms with E-state index in [1.54, 1.807) is 14.2 Å². The summed E-state index contributed by atoms with van der Waals surface area (Å²) in [7, 11) is 5.52. The third-order valence-corrected chi connectivity index (χ3v) is 3.29. The van der Waals surface area contributed by atoms with E-state index < -0.39 is 0 Å². The summed E-state index contributed by atoms with van der Waals surface area (Å²) < 4.78 is 10.5. The zero-order valence-electron chi connectivity index (χ0n) is 12.4. The molecule has 0 spiro atoms. The van der Waals surface area contributed by atoms with Crippen LogP contribution in [0.4, 0.5) is 0 Å². The van der Waals surface area contributed by atoms with Gasteiger partial charge < -0.3 is 15.2 Å². The number of para-hydroxylation sites is 1. The SMILES string of the molecule is COCCCN(C)C(c1ccccc1OC)C(C)N. The Kier molecular flexibility index (Phi) is 6.84. The first-order valence-corrected chi connectivity index (χ1v) is 6.69. The van der Waals surface area contributed by atoms with Gasteiger partial charge in [0, 0.05) is 31.9 Å². The Bertz CT molecular complexity index is 369. The summed E-state index contributed by atoms with van der Waals surface area (Å²) in [6, 6.07) is 8.24.